The monoisotopic (exact) mass is 326 g/mol. The van der Waals surface area contributed by atoms with Crippen LogP contribution in [0.1, 0.15) is 11.1 Å². The molecule has 20 heavy (non-hydrogen) atoms. The highest BCUT2D eigenvalue weighted by Gasteiger charge is 2.04. The second-order valence-corrected chi connectivity index (χ2v) is 5.50. The van der Waals surface area contributed by atoms with E-state index >= 15 is 0 Å². The Hall–Kier alpha value is -2.05. The first-order valence-corrected chi connectivity index (χ1v) is 7.05. The highest BCUT2D eigenvalue weighted by molar-refractivity contribution is 9.10. The maximum atomic E-state index is 9.31. The van der Waals surface area contributed by atoms with Crippen molar-refractivity contribution in [2.75, 3.05) is 19.0 Å². The molecule has 2 aromatic carbocycles. The minimum absolute atomic E-state index is 0.662. The number of nitrogens with zero attached hydrogens (tertiary/aromatic N) is 2. The smallest absolute Gasteiger partial charge is 0.0998 e. The molecule has 0 saturated heterocycles. The number of anilines is 1. The van der Waals surface area contributed by atoms with Gasteiger partial charge in [0.05, 0.1) is 17.3 Å². The molecule has 0 atom stereocenters. The highest BCUT2D eigenvalue weighted by atomic mass is 79.9. The SMILES string of the molecule is CN(C)c1ccc(/C=C(/C#N)c2ccccc2)cc1Br. The van der Waals surface area contributed by atoms with Gasteiger partial charge in [0.25, 0.3) is 0 Å². The Labute approximate surface area is 128 Å². The highest BCUT2D eigenvalue weighted by Crippen LogP contribution is 2.27. The maximum absolute atomic E-state index is 9.31. The van der Waals surface area contributed by atoms with E-state index in [0.717, 1.165) is 21.3 Å². The molecule has 0 aliphatic rings. The Morgan fingerprint density at radius 2 is 1.85 bits per heavy atom. The molecule has 0 radical (unpaired) electrons. The van der Waals surface area contributed by atoms with Crippen molar-refractivity contribution in [2.24, 2.45) is 0 Å². The van der Waals surface area contributed by atoms with Gasteiger partial charge in [-0.1, -0.05) is 36.4 Å². The molecule has 3 heteroatoms. The molecule has 0 unspecified atom stereocenters. The zero-order valence-corrected chi connectivity index (χ0v) is 13.1. The van der Waals surface area contributed by atoms with Gasteiger partial charge in [-0.2, -0.15) is 5.26 Å². The summed E-state index contributed by atoms with van der Waals surface area (Å²) in [4.78, 5) is 2.04. The third kappa shape index (κ3) is 3.28. The third-order valence-electron chi connectivity index (χ3n) is 2.97. The van der Waals surface area contributed by atoms with Crippen molar-refractivity contribution >= 4 is 33.3 Å². The fourth-order valence-corrected chi connectivity index (χ4v) is 2.69. The number of rotatable bonds is 3. The summed E-state index contributed by atoms with van der Waals surface area (Å²) in [5.74, 6) is 0. The predicted molar refractivity (Wildman–Crippen MR) is 88.4 cm³/mol. The van der Waals surface area contributed by atoms with Crippen molar-refractivity contribution in [2.45, 2.75) is 0 Å². The molecule has 0 heterocycles. The molecule has 0 aromatic heterocycles. The van der Waals surface area contributed by atoms with Crippen LogP contribution in [0.2, 0.25) is 0 Å². The Morgan fingerprint density at radius 3 is 2.40 bits per heavy atom. The number of allylic oxidation sites excluding steroid dienone is 1. The summed E-state index contributed by atoms with van der Waals surface area (Å²) in [7, 11) is 4.00. The summed E-state index contributed by atoms with van der Waals surface area (Å²) in [6.45, 7) is 0. The first-order valence-electron chi connectivity index (χ1n) is 6.26. The zero-order valence-electron chi connectivity index (χ0n) is 11.5. The first kappa shape index (κ1) is 14.4. The van der Waals surface area contributed by atoms with Gasteiger partial charge in [-0.3, -0.25) is 0 Å². The van der Waals surface area contributed by atoms with Crippen LogP contribution in [0.15, 0.2) is 53.0 Å². The quantitative estimate of drug-likeness (QED) is 0.609. The minimum Gasteiger partial charge on any atom is -0.377 e. The van der Waals surface area contributed by atoms with Crippen LogP contribution in [0.4, 0.5) is 5.69 Å². The van der Waals surface area contributed by atoms with E-state index < -0.39 is 0 Å². The van der Waals surface area contributed by atoms with Gasteiger partial charge in [0.1, 0.15) is 0 Å². The molecule has 0 saturated carbocycles. The molecule has 0 fully saturated rings. The second kappa shape index (κ2) is 6.40. The van der Waals surface area contributed by atoms with E-state index in [9.17, 15) is 5.26 Å². The molecule has 0 N–H and O–H groups in total. The van der Waals surface area contributed by atoms with Gasteiger partial charge in [-0.15, -0.1) is 0 Å². The Kier molecular flexibility index (Phi) is 4.60. The fourth-order valence-electron chi connectivity index (χ4n) is 1.94. The number of hydrogen-bond donors (Lipinski definition) is 0. The molecule has 0 aliphatic heterocycles. The average molecular weight is 327 g/mol. The van der Waals surface area contributed by atoms with E-state index in [1.807, 2.05) is 73.6 Å². The molecular formula is C17H15BrN2. The lowest BCUT2D eigenvalue weighted by Crippen LogP contribution is -2.09. The van der Waals surface area contributed by atoms with Crippen LogP contribution in [-0.4, -0.2) is 14.1 Å². The van der Waals surface area contributed by atoms with Crippen molar-refractivity contribution in [1.29, 1.82) is 5.26 Å². The van der Waals surface area contributed by atoms with Crippen molar-refractivity contribution < 1.29 is 0 Å². The summed E-state index contributed by atoms with van der Waals surface area (Å²) in [5, 5.41) is 9.31. The predicted octanol–water partition coefficient (Wildman–Crippen LogP) is 4.58. The topological polar surface area (TPSA) is 27.0 Å². The van der Waals surface area contributed by atoms with Gasteiger partial charge in [0, 0.05) is 18.6 Å². The first-order chi connectivity index (χ1) is 9.61. The molecule has 100 valence electrons. The van der Waals surface area contributed by atoms with Crippen LogP contribution >= 0.6 is 15.9 Å². The van der Waals surface area contributed by atoms with Crippen molar-refractivity contribution in [3.8, 4) is 6.07 Å². The van der Waals surface area contributed by atoms with Crippen molar-refractivity contribution in [3.63, 3.8) is 0 Å². The summed E-state index contributed by atoms with van der Waals surface area (Å²) >= 11 is 3.56. The van der Waals surface area contributed by atoms with Crippen molar-refractivity contribution in [3.05, 3.63) is 64.1 Å². The van der Waals surface area contributed by atoms with E-state index in [0.29, 0.717) is 5.57 Å². The van der Waals surface area contributed by atoms with E-state index in [2.05, 4.69) is 22.0 Å². The molecule has 0 amide bonds. The van der Waals surface area contributed by atoms with Gasteiger partial charge in [-0.25, -0.2) is 0 Å². The van der Waals surface area contributed by atoms with Gasteiger partial charge in [-0.05, 0) is 45.3 Å². The third-order valence-corrected chi connectivity index (χ3v) is 3.60. The summed E-state index contributed by atoms with van der Waals surface area (Å²) in [5.41, 5.74) is 3.71. The van der Waals surface area contributed by atoms with Crippen LogP contribution in [0, 0.1) is 11.3 Å². The van der Waals surface area contributed by atoms with Crippen molar-refractivity contribution in [1.82, 2.24) is 0 Å². The normalized spacial score (nSPS) is 11.0. The summed E-state index contributed by atoms with van der Waals surface area (Å²) in [6.07, 6.45) is 1.90. The van der Waals surface area contributed by atoms with Gasteiger partial charge in [0.2, 0.25) is 0 Å². The van der Waals surface area contributed by atoms with E-state index in [1.165, 1.54) is 0 Å². The Bertz CT molecular complexity index is 667. The lowest BCUT2D eigenvalue weighted by Gasteiger charge is -2.14. The fraction of sp³-hybridized carbons (Fsp3) is 0.118. The Morgan fingerprint density at radius 1 is 1.15 bits per heavy atom. The molecule has 0 spiro atoms. The van der Waals surface area contributed by atoms with Crippen LogP contribution in [0.3, 0.4) is 0 Å². The number of benzene rings is 2. The van der Waals surface area contributed by atoms with Gasteiger partial charge >= 0.3 is 0 Å². The summed E-state index contributed by atoms with van der Waals surface area (Å²) in [6, 6.07) is 18.0. The molecule has 2 rings (SSSR count). The lowest BCUT2D eigenvalue weighted by atomic mass is 10.0. The number of halogens is 1. The van der Waals surface area contributed by atoms with E-state index in [1.54, 1.807) is 0 Å². The molecule has 2 aromatic rings. The van der Waals surface area contributed by atoms with Gasteiger partial charge < -0.3 is 4.90 Å². The van der Waals surface area contributed by atoms with E-state index in [-0.39, 0.29) is 0 Å². The standard InChI is InChI=1S/C17H15BrN2/c1-20(2)17-9-8-13(11-16(17)18)10-15(12-19)14-6-4-3-5-7-14/h3-11H,1-2H3/b15-10-. The molecule has 0 bridgehead atoms. The second-order valence-electron chi connectivity index (χ2n) is 4.64. The zero-order chi connectivity index (χ0) is 14.5. The van der Waals surface area contributed by atoms with Crippen LogP contribution in [-0.2, 0) is 0 Å². The number of nitriles is 1. The van der Waals surface area contributed by atoms with E-state index in [4.69, 9.17) is 0 Å². The summed E-state index contributed by atoms with van der Waals surface area (Å²) < 4.78 is 1.02. The Balaban J connectivity index is 2.39. The van der Waals surface area contributed by atoms with Crippen LogP contribution in [0.5, 0.6) is 0 Å². The van der Waals surface area contributed by atoms with Crippen LogP contribution in [0.25, 0.3) is 11.6 Å². The molecular weight excluding hydrogens is 312 g/mol. The van der Waals surface area contributed by atoms with Crippen LogP contribution < -0.4 is 4.90 Å². The molecule has 0 aliphatic carbocycles. The maximum Gasteiger partial charge on any atom is 0.0998 e. The van der Waals surface area contributed by atoms with Gasteiger partial charge in [0.15, 0.2) is 0 Å². The number of hydrogen-bond acceptors (Lipinski definition) is 2. The largest absolute Gasteiger partial charge is 0.377 e. The lowest BCUT2D eigenvalue weighted by molar-refractivity contribution is 1.12. The average Bonchev–Trinajstić information content (AvgIpc) is 2.45. The molecule has 2 nitrogen and oxygen atoms in total. The minimum atomic E-state index is 0.662.